The molecule has 2 unspecified atom stereocenters. The maximum absolute atomic E-state index is 13.1. The first-order chi connectivity index (χ1) is 16.7. The number of hydrogen-bond donors (Lipinski definition) is 2. The predicted molar refractivity (Wildman–Crippen MR) is 131 cm³/mol. The minimum atomic E-state index is -2.69. The number of hydrogen-bond acceptors (Lipinski definition) is 6. The second-order valence-electron chi connectivity index (χ2n) is 8.05. The van der Waals surface area contributed by atoms with Crippen molar-refractivity contribution in [3.05, 3.63) is 89.5 Å². The summed E-state index contributed by atoms with van der Waals surface area (Å²) in [6, 6.07) is 19.1. The maximum atomic E-state index is 13.1. The molecule has 3 rings (SSSR count). The van der Waals surface area contributed by atoms with Crippen molar-refractivity contribution in [1.82, 2.24) is 10.4 Å². The zero-order chi connectivity index (χ0) is 25.5. The summed E-state index contributed by atoms with van der Waals surface area (Å²) in [5, 5.41) is 8.73. The number of aryl methyl sites for hydroxylation is 1. The summed E-state index contributed by atoms with van der Waals surface area (Å²) in [6.45, 7) is 1.89. The summed E-state index contributed by atoms with van der Waals surface area (Å²) in [6.07, 6.45) is 0.117. The summed E-state index contributed by atoms with van der Waals surface area (Å²) in [4.78, 5) is 25.9. The highest BCUT2D eigenvalue weighted by Crippen LogP contribution is 2.26. The van der Waals surface area contributed by atoms with E-state index in [2.05, 4.69) is 0 Å². The highest BCUT2D eigenvalue weighted by Gasteiger charge is 2.29. The Hall–Kier alpha value is -3.73. The average Bonchev–Trinajstić information content (AvgIpc) is 2.84. The van der Waals surface area contributed by atoms with E-state index >= 15 is 0 Å². The molecule has 0 heterocycles. The van der Waals surface area contributed by atoms with E-state index in [1.165, 1.54) is 17.0 Å². The van der Waals surface area contributed by atoms with Gasteiger partial charge >= 0.3 is 0 Å². The van der Waals surface area contributed by atoms with E-state index in [9.17, 15) is 18.4 Å². The fourth-order valence-electron chi connectivity index (χ4n) is 3.46. The number of anilines is 1. The van der Waals surface area contributed by atoms with Crippen LogP contribution in [0.3, 0.4) is 0 Å². The number of nitrogens with zero attached hydrogens (tertiary/aromatic N) is 2. The lowest BCUT2D eigenvalue weighted by Gasteiger charge is -2.35. The number of carbonyl (C=O) groups excluding carboxylic acids is 2. The summed E-state index contributed by atoms with van der Waals surface area (Å²) < 4.78 is 31.4. The third-order valence-corrected chi connectivity index (χ3v) is 6.03. The Morgan fingerprint density at radius 1 is 1.03 bits per heavy atom. The number of amides is 2. The number of benzene rings is 3. The first-order valence-corrected chi connectivity index (χ1v) is 11.7. The molecule has 0 spiro atoms. The fraction of sp³-hybridized carbons (Fsp3) is 0.200. The average molecular weight is 497 g/mol. The van der Waals surface area contributed by atoms with Gasteiger partial charge in [0.15, 0.2) is 0 Å². The number of nitrogens with one attached hydrogen (secondary N) is 1. The van der Waals surface area contributed by atoms with Crippen molar-refractivity contribution in [1.29, 1.82) is 0 Å². The molecule has 2 atom stereocenters. The van der Waals surface area contributed by atoms with Crippen molar-refractivity contribution in [2.75, 3.05) is 18.4 Å². The van der Waals surface area contributed by atoms with Gasteiger partial charge in [-0.3, -0.25) is 23.3 Å². The third kappa shape index (κ3) is 6.66. The molecule has 3 aromatic carbocycles. The minimum absolute atomic E-state index is 0.117. The van der Waals surface area contributed by atoms with Crippen molar-refractivity contribution in [2.45, 2.75) is 19.4 Å². The molecule has 35 heavy (non-hydrogen) atoms. The summed E-state index contributed by atoms with van der Waals surface area (Å²) in [7, 11) is 3.16. The van der Waals surface area contributed by atoms with Gasteiger partial charge in [-0.15, -0.1) is 0 Å². The van der Waals surface area contributed by atoms with Crippen LogP contribution in [0.1, 0.15) is 21.5 Å². The predicted octanol–water partition coefficient (Wildman–Crippen LogP) is 3.21. The van der Waals surface area contributed by atoms with E-state index in [1.807, 2.05) is 6.92 Å². The lowest BCUT2D eigenvalue weighted by molar-refractivity contribution is -0.129. The molecule has 0 bridgehead atoms. The SMILES string of the molecule is Cc1ccc(N(C(Cc2cccc(Oc3ccc(C(=O)NO)cc3)c2)C(=O)N(C)C)S(=O)[O-])cc1. The highest BCUT2D eigenvalue weighted by molar-refractivity contribution is 7.80. The van der Waals surface area contributed by atoms with Gasteiger partial charge in [-0.05, 0) is 61.0 Å². The smallest absolute Gasteiger partial charge is 0.274 e. The minimum Gasteiger partial charge on any atom is -0.755 e. The Morgan fingerprint density at radius 3 is 2.26 bits per heavy atom. The summed E-state index contributed by atoms with van der Waals surface area (Å²) in [5.74, 6) is -0.0644. The number of ether oxygens (including phenoxy) is 1. The molecule has 0 aliphatic carbocycles. The monoisotopic (exact) mass is 496 g/mol. The Morgan fingerprint density at radius 2 is 1.69 bits per heavy atom. The molecule has 184 valence electrons. The van der Waals surface area contributed by atoms with E-state index in [1.54, 1.807) is 80.2 Å². The molecule has 2 N–H and O–H groups in total. The number of hydroxylamine groups is 1. The largest absolute Gasteiger partial charge is 0.755 e. The van der Waals surface area contributed by atoms with Gasteiger partial charge in [-0.2, -0.15) is 0 Å². The molecule has 0 fully saturated rings. The lowest BCUT2D eigenvalue weighted by atomic mass is 10.0. The molecule has 0 aromatic heterocycles. The van der Waals surface area contributed by atoms with Gasteiger partial charge < -0.3 is 14.2 Å². The summed E-state index contributed by atoms with van der Waals surface area (Å²) >= 11 is -2.69. The lowest BCUT2D eigenvalue weighted by Crippen LogP contribution is -2.48. The molecule has 0 aliphatic heterocycles. The van der Waals surface area contributed by atoms with Crippen LogP contribution in [-0.4, -0.2) is 50.8 Å². The van der Waals surface area contributed by atoms with Crippen LogP contribution in [0.4, 0.5) is 5.69 Å². The second kappa shape index (κ2) is 11.6. The van der Waals surface area contributed by atoms with Gasteiger partial charge in [0.05, 0.1) is 0 Å². The van der Waals surface area contributed by atoms with Gasteiger partial charge in [-0.25, -0.2) is 5.48 Å². The zero-order valence-corrected chi connectivity index (χ0v) is 20.3. The first-order valence-electron chi connectivity index (χ1n) is 10.7. The Labute approximate surface area is 206 Å². The Kier molecular flexibility index (Phi) is 8.58. The molecular weight excluding hydrogens is 470 g/mol. The van der Waals surface area contributed by atoms with Gasteiger partial charge in [0.1, 0.15) is 17.5 Å². The Bertz CT molecular complexity index is 1200. The van der Waals surface area contributed by atoms with Crippen LogP contribution in [0.15, 0.2) is 72.8 Å². The molecule has 0 saturated heterocycles. The van der Waals surface area contributed by atoms with Crippen LogP contribution >= 0.6 is 0 Å². The fourth-order valence-corrected chi connectivity index (χ4v) is 4.13. The van der Waals surface area contributed by atoms with Crippen molar-refractivity contribution < 1.29 is 28.3 Å². The standard InChI is InChI=1S/C25H27N3O6S/c1-17-7-11-20(12-8-17)28(35(32)33)23(25(30)27(2)3)16-18-5-4-6-22(15-18)34-21-13-9-19(10-14-21)24(29)26-31/h4-15,23,31H,16H2,1-3H3,(H,26,29)(H,32,33)/p-1. The van der Waals surface area contributed by atoms with Crippen LogP contribution in [0.5, 0.6) is 11.5 Å². The molecule has 0 aliphatic rings. The van der Waals surface area contributed by atoms with Crippen LogP contribution < -0.4 is 14.5 Å². The maximum Gasteiger partial charge on any atom is 0.274 e. The van der Waals surface area contributed by atoms with Gasteiger partial charge in [0.25, 0.3) is 5.91 Å². The molecule has 9 nitrogen and oxygen atoms in total. The van der Waals surface area contributed by atoms with Crippen molar-refractivity contribution in [2.24, 2.45) is 0 Å². The van der Waals surface area contributed by atoms with E-state index < -0.39 is 23.2 Å². The zero-order valence-electron chi connectivity index (χ0n) is 19.5. The van der Waals surface area contributed by atoms with Gasteiger partial charge in [0.2, 0.25) is 5.91 Å². The van der Waals surface area contributed by atoms with Crippen LogP contribution in [0, 0.1) is 6.92 Å². The van der Waals surface area contributed by atoms with Gasteiger partial charge in [-0.1, -0.05) is 29.8 Å². The van der Waals surface area contributed by atoms with Crippen molar-refractivity contribution >= 4 is 28.8 Å². The molecular formula is C25H26N3O6S-. The topological polar surface area (TPSA) is 122 Å². The van der Waals surface area contributed by atoms with Crippen LogP contribution in [0.2, 0.25) is 0 Å². The van der Waals surface area contributed by atoms with Crippen molar-refractivity contribution in [3.8, 4) is 11.5 Å². The van der Waals surface area contributed by atoms with E-state index in [0.717, 1.165) is 9.87 Å². The quantitative estimate of drug-likeness (QED) is 0.267. The second-order valence-corrected chi connectivity index (χ2v) is 8.87. The van der Waals surface area contributed by atoms with Gasteiger partial charge in [0, 0.05) is 43.0 Å². The number of rotatable bonds is 9. The van der Waals surface area contributed by atoms with Crippen LogP contribution in [-0.2, 0) is 22.5 Å². The Balaban J connectivity index is 1.87. The molecule has 2 amide bonds. The van der Waals surface area contributed by atoms with E-state index in [-0.39, 0.29) is 17.9 Å². The van der Waals surface area contributed by atoms with E-state index in [0.29, 0.717) is 22.7 Å². The first kappa shape index (κ1) is 25.9. The molecule has 10 heteroatoms. The molecule has 0 saturated carbocycles. The summed E-state index contributed by atoms with van der Waals surface area (Å²) in [5.41, 5.74) is 3.89. The highest BCUT2D eigenvalue weighted by atomic mass is 32.2. The van der Waals surface area contributed by atoms with Crippen molar-refractivity contribution in [3.63, 3.8) is 0 Å². The molecule has 3 aromatic rings. The normalized spacial score (nSPS) is 12.4. The van der Waals surface area contributed by atoms with Crippen LogP contribution in [0.25, 0.3) is 0 Å². The number of carbonyl (C=O) groups is 2. The third-order valence-electron chi connectivity index (χ3n) is 5.24. The molecule has 0 radical (unpaired) electrons. The van der Waals surface area contributed by atoms with E-state index in [4.69, 9.17) is 9.94 Å². The number of likely N-dealkylation sites (N-methyl/N-ethyl adjacent to an activating group) is 1.